The van der Waals surface area contributed by atoms with Crippen molar-refractivity contribution in [3.63, 3.8) is 0 Å². The minimum Gasteiger partial charge on any atom is -0.391 e. The third kappa shape index (κ3) is 1.78. The standard InChI is InChI=1S/C9H19NO4/c1-4-6(11)5(10)8(13-2)9(14-3)7(4)12/h4-9,11-12H,10H2,1-3H3/t4-,5+,6+,7+,8-,9-/m1/s1. The SMILES string of the molecule is CO[C@@H]1[C@@H](N)[C@@H](O)[C@@H](C)[C@H](O)[C@H]1OC. The van der Waals surface area contributed by atoms with Crippen LogP contribution in [0.1, 0.15) is 6.92 Å². The van der Waals surface area contributed by atoms with Gasteiger partial charge in [-0.25, -0.2) is 0 Å². The van der Waals surface area contributed by atoms with Gasteiger partial charge in [0.05, 0.1) is 18.2 Å². The molecule has 0 radical (unpaired) electrons. The molecule has 6 atom stereocenters. The summed E-state index contributed by atoms with van der Waals surface area (Å²) in [5.74, 6) is -0.304. The molecule has 1 fully saturated rings. The van der Waals surface area contributed by atoms with Crippen LogP contribution in [0.25, 0.3) is 0 Å². The first-order valence-electron chi connectivity index (χ1n) is 4.71. The maximum atomic E-state index is 9.81. The summed E-state index contributed by atoms with van der Waals surface area (Å²) in [5.41, 5.74) is 5.79. The van der Waals surface area contributed by atoms with Gasteiger partial charge in [0.2, 0.25) is 0 Å². The monoisotopic (exact) mass is 205 g/mol. The van der Waals surface area contributed by atoms with E-state index in [1.54, 1.807) is 6.92 Å². The molecule has 0 aromatic carbocycles. The van der Waals surface area contributed by atoms with E-state index in [4.69, 9.17) is 15.2 Å². The molecule has 5 heteroatoms. The predicted octanol–water partition coefficient (Wildman–Crippen LogP) is -1.28. The number of hydrogen-bond acceptors (Lipinski definition) is 5. The summed E-state index contributed by atoms with van der Waals surface area (Å²) in [6, 6.07) is -0.525. The summed E-state index contributed by atoms with van der Waals surface area (Å²) < 4.78 is 10.3. The molecular weight excluding hydrogens is 186 g/mol. The van der Waals surface area contributed by atoms with Gasteiger partial charge in [-0.05, 0) is 0 Å². The van der Waals surface area contributed by atoms with Gasteiger partial charge in [-0.3, -0.25) is 0 Å². The molecule has 0 spiro atoms. The second-order valence-electron chi connectivity index (χ2n) is 3.82. The van der Waals surface area contributed by atoms with Crippen molar-refractivity contribution in [2.75, 3.05) is 14.2 Å². The van der Waals surface area contributed by atoms with E-state index in [-0.39, 0.29) is 5.92 Å². The van der Waals surface area contributed by atoms with Gasteiger partial charge >= 0.3 is 0 Å². The normalized spacial score (nSPS) is 49.3. The highest BCUT2D eigenvalue weighted by Gasteiger charge is 2.47. The molecule has 0 aliphatic heterocycles. The van der Waals surface area contributed by atoms with Crippen molar-refractivity contribution in [2.24, 2.45) is 11.7 Å². The molecule has 1 rings (SSSR count). The Morgan fingerprint density at radius 1 is 1.00 bits per heavy atom. The van der Waals surface area contributed by atoms with Crippen LogP contribution in [-0.2, 0) is 9.47 Å². The van der Waals surface area contributed by atoms with Crippen molar-refractivity contribution in [1.82, 2.24) is 0 Å². The Morgan fingerprint density at radius 3 is 1.93 bits per heavy atom. The van der Waals surface area contributed by atoms with Gasteiger partial charge in [0.15, 0.2) is 0 Å². The quantitative estimate of drug-likeness (QED) is 0.522. The highest BCUT2D eigenvalue weighted by molar-refractivity contribution is 5.00. The topological polar surface area (TPSA) is 84.9 Å². The van der Waals surface area contributed by atoms with Crippen LogP contribution >= 0.6 is 0 Å². The third-order valence-electron chi connectivity index (χ3n) is 3.06. The number of hydrogen-bond donors (Lipinski definition) is 3. The van der Waals surface area contributed by atoms with E-state index in [0.29, 0.717) is 0 Å². The first-order chi connectivity index (χ1) is 6.54. The van der Waals surface area contributed by atoms with E-state index >= 15 is 0 Å². The Balaban J connectivity index is 2.84. The molecule has 1 saturated carbocycles. The van der Waals surface area contributed by atoms with Crippen LogP contribution in [0.4, 0.5) is 0 Å². The van der Waals surface area contributed by atoms with Crippen LogP contribution in [0, 0.1) is 5.92 Å². The van der Waals surface area contributed by atoms with E-state index in [9.17, 15) is 10.2 Å². The first kappa shape index (κ1) is 11.9. The minimum atomic E-state index is -0.763. The molecule has 0 bridgehead atoms. The molecular formula is C9H19NO4. The summed E-state index contributed by atoms with van der Waals surface area (Å²) in [7, 11) is 2.99. The van der Waals surface area contributed by atoms with Gasteiger partial charge in [0, 0.05) is 20.1 Å². The number of aliphatic hydroxyl groups excluding tert-OH is 2. The number of ether oxygens (including phenoxy) is 2. The molecule has 0 unspecified atom stereocenters. The van der Waals surface area contributed by atoms with E-state index in [1.807, 2.05) is 0 Å². The average molecular weight is 205 g/mol. The summed E-state index contributed by atoms with van der Waals surface area (Å²) in [4.78, 5) is 0. The van der Waals surface area contributed by atoms with Gasteiger partial charge < -0.3 is 25.4 Å². The van der Waals surface area contributed by atoms with E-state index in [2.05, 4.69) is 0 Å². The minimum absolute atomic E-state index is 0.304. The van der Waals surface area contributed by atoms with Crippen LogP contribution < -0.4 is 5.73 Å². The van der Waals surface area contributed by atoms with Crippen molar-refractivity contribution in [3.8, 4) is 0 Å². The highest BCUT2D eigenvalue weighted by atomic mass is 16.5. The molecule has 1 aliphatic carbocycles. The van der Waals surface area contributed by atoms with E-state index < -0.39 is 30.5 Å². The second kappa shape index (κ2) is 4.55. The molecule has 0 aromatic rings. The Morgan fingerprint density at radius 2 is 1.50 bits per heavy atom. The first-order valence-corrected chi connectivity index (χ1v) is 4.71. The largest absolute Gasteiger partial charge is 0.391 e. The lowest BCUT2D eigenvalue weighted by molar-refractivity contribution is -0.175. The predicted molar refractivity (Wildman–Crippen MR) is 50.7 cm³/mol. The summed E-state index contributed by atoms with van der Waals surface area (Å²) in [6.07, 6.45) is -2.46. The average Bonchev–Trinajstić information content (AvgIpc) is 2.20. The van der Waals surface area contributed by atoms with Crippen molar-refractivity contribution < 1.29 is 19.7 Å². The lowest BCUT2D eigenvalue weighted by Gasteiger charge is -2.44. The lowest BCUT2D eigenvalue weighted by atomic mass is 9.78. The summed E-state index contributed by atoms with van der Waals surface area (Å²) >= 11 is 0. The van der Waals surface area contributed by atoms with Crippen molar-refractivity contribution >= 4 is 0 Å². The molecule has 14 heavy (non-hydrogen) atoms. The number of rotatable bonds is 2. The zero-order valence-electron chi connectivity index (χ0n) is 8.75. The Labute approximate surface area is 83.8 Å². The van der Waals surface area contributed by atoms with Crippen molar-refractivity contribution in [2.45, 2.75) is 37.4 Å². The van der Waals surface area contributed by atoms with Gasteiger partial charge in [-0.2, -0.15) is 0 Å². The number of methoxy groups -OCH3 is 2. The van der Waals surface area contributed by atoms with Crippen LogP contribution in [-0.4, -0.2) is 54.9 Å². The lowest BCUT2D eigenvalue weighted by Crippen LogP contribution is -2.64. The summed E-state index contributed by atoms with van der Waals surface area (Å²) in [6.45, 7) is 1.74. The molecule has 84 valence electrons. The smallest absolute Gasteiger partial charge is 0.111 e. The molecule has 0 saturated heterocycles. The molecule has 4 N–H and O–H groups in total. The van der Waals surface area contributed by atoms with Crippen LogP contribution in [0.15, 0.2) is 0 Å². The molecule has 0 amide bonds. The van der Waals surface area contributed by atoms with Gasteiger partial charge in [0.25, 0.3) is 0 Å². The maximum absolute atomic E-state index is 9.81. The fourth-order valence-electron chi connectivity index (χ4n) is 2.02. The van der Waals surface area contributed by atoms with Gasteiger partial charge in [-0.15, -0.1) is 0 Å². The van der Waals surface area contributed by atoms with Gasteiger partial charge in [-0.1, -0.05) is 6.92 Å². The Kier molecular flexibility index (Phi) is 3.86. The highest BCUT2D eigenvalue weighted by Crippen LogP contribution is 2.28. The summed E-state index contributed by atoms with van der Waals surface area (Å²) in [5, 5.41) is 19.5. The maximum Gasteiger partial charge on any atom is 0.111 e. The van der Waals surface area contributed by atoms with Crippen LogP contribution in [0.2, 0.25) is 0 Å². The fourth-order valence-corrected chi connectivity index (χ4v) is 2.02. The molecule has 1 aliphatic rings. The number of aliphatic hydroxyl groups is 2. The number of nitrogens with two attached hydrogens (primary N) is 1. The van der Waals surface area contributed by atoms with Gasteiger partial charge in [0.1, 0.15) is 12.2 Å². The van der Waals surface area contributed by atoms with Crippen LogP contribution in [0.5, 0.6) is 0 Å². The van der Waals surface area contributed by atoms with E-state index in [1.165, 1.54) is 14.2 Å². The second-order valence-corrected chi connectivity index (χ2v) is 3.82. The molecule has 0 aromatic heterocycles. The Hall–Kier alpha value is -0.200. The fraction of sp³-hybridized carbons (Fsp3) is 1.00. The molecule has 5 nitrogen and oxygen atoms in total. The van der Waals surface area contributed by atoms with Crippen LogP contribution in [0.3, 0.4) is 0 Å². The van der Waals surface area contributed by atoms with Crippen molar-refractivity contribution in [1.29, 1.82) is 0 Å². The Bertz CT molecular complexity index is 170. The zero-order valence-corrected chi connectivity index (χ0v) is 8.75. The van der Waals surface area contributed by atoms with E-state index in [0.717, 1.165) is 0 Å². The van der Waals surface area contributed by atoms with Crippen molar-refractivity contribution in [3.05, 3.63) is 0 Å². The third-order valence-corrected chi connectivity index (χ3v) is 3.06. The zero-order chi connectivity index (χ0) is 10.9. The molecule has 0 heterocycles.